The Hall–Kier alpha value is -1.27. The summed E-state index contributed by atoms with van der Waals surface area (Å²) in [5.41, 5.74) is 0.890. The summed E-state index contributed by atoms with van der Waals surface area (Å²) in [4.78, 5) is 2.06. The lowest BCUT2D eigenvalue weighted by Crippen LogP contribution is -2.24. The Morgan fingerprint density at radius 1 is 1.25 bits per heavy atom. The van der Waals surface area contributed by atoms with Crippen molar-refractivity contribution in [3.63, 3.8) is 0 Å². The van der Waals surface area contributed by atoms with Gasteiger partial charge in [0.05, 0.1) is 5.75 Å². The standard InChI is InChI=1S/C14H24N2O3S/c1-12(11-20(4,17)18)15-13-5-7-14(8-6-13)19-10-9-16(2)3/h5-8,12,15H,9-11H2,1-4H3. The first kappa shape index (κ1) is 16.8. The van der Waals surface area contributed by atoms with Crippen LogP contribution in [0.2, 0.25) is 0 Å². The van der Waals surface area contributed by atoms with E-state index >= 15 is 0 Å². The Kier molecular flexibility index (Phi) is 6.29. The molecule has 5 nitrogen and oxygen atoms in total. The van der Waals surface area contributed by atoms with Gasteiger partial charge in [-0.3, -0.25) is 0 Å². The normalized spacial score (nSPS) is 13.2. The van der Waals surface area contributed by atoms with Crippen LogP contribution in [-0.2, 0) is 9.84 Å². The van der Waals surface area contributed by atoms with Gasteiger partial charge >= 0.3 is 0 Å². The number of benzene rings is 1. The number of sulfone groups is 1. The first-order valence-electron chi connectivity index (χ1n) is 6.58. The summed E-state index contributed by atoms with van der Waals surface area (Å²) in [7, 11) is 1.04. The molecule has 1 N–H and O–H groups in total. The van der Waals surface area contributed by atoms with E-state index in [4.69, 9.17) is 4.74 Å². The van der Waals surface area contributed by atoms with Gasteiger partial charge in [0.1, 0.15) is 22.2 Å². The maximum Gasteiger partial charge on any atom is 0.149 e. The number of rotatable bonds is 8. The van der Waals surface area contributed by atoms with Gasteiger partial charge < -0.3 is 15.0 Å². The number of hydrogen-bond acceptors (Lipinski definition) is 5. The number of nitrogens with one attached hydrogen (secondary N) is 1. The summed E-state index contributed by atoms with van der Waals surface area (Å²) in [6.07, 6.45) is 1.24. The SMILES string of the molecule is CC(CS(C)(=O)=O)Nc1ccc(OCCN(C)C)cc1. The number of hydrogen-bond donors (Lipinski definition) is 1. The van der Waals surface area contributed by atoms with Crippen LogP contribution in [-0.4, -0.2) is 58.6 Å². The van der Waals surface area contributed by atoms with Crippen LogP contribution in [0.5, 0.6) is 5.75 Å². The molecule has 0 aliphatic heterocycles. The smallest absolute Gasteiger partial charge is 0.149 e. The first-order chi connectivity index (χ1) is 9.26. The van der Waals surface area contributed by atoms with Crippen molar-refractivity contribution in [2.45, 2.75) is 13.0 Å². The van der Waals surface area contributed by atoms with Crippen LogP contribution in [0.3, 0.4) is 0 Å². The van der Waals surface area contributed by atoms with Crippen LogP contribution in [0.1, 0.15) is 6.92 Å². The second-order valence-electron chi connectivity index (χ2n) is 5.31. The molecule has 0 aliphatic rings. The predicted molar refractivity (Wildman–Crippen MR) is 83.3 cm³/mol. The summed E-state index contributed by atoms with van der Waals surface area (Å²) in [6.45, 7) is 3.36. The van der Waals surface area contributed by atoms with Gasteiger partial charge in [0, 0.05) is 24.5 Å². The Morgan fingerprint density at radius 2 is 1.85 bits per heavy atom. The Morgan fingerprint density at radius 3 is 2.35 bits per heavy atom. The van der Waals surface area contributed by atoms with Gasteiger partial charge in [0.25, 0.3) is 0 Å². The van der Waals surface area contributed by atoms with E-state index in [1.54, 1.807) is 0 Å². The van der Waals surface area contributed by atoms with Crippen LogP contribution in [0.25, 0.3) is 0 Å². The highest BCUT2D eigenvalue weighted by Gasteiger charge is 2.10. The van der Waals surface area contributed by atoms with E-state index in [2.05, 4.69) is 10.2 Å². The minimum atomic E-state index is -2.96. The molecule has 0 spiro atoms. The Labute approximate surface area is 121 Å². The van der Waals surface area contributed by atoms with E-state index < -0.39 is 9.84 Å². The molecule has 1 rings (SSSR count). The predicted octanol–water partition coefficient (Wildman–Crippen LogP) is 1.47. The van der Waals surface area contributed by atoms with Crippen molar-refractivity contribution in [2.75, 3.05) is 44.6 Å². The lowest BCUT2D eigenvalue weighted by Gasteiger charge is -2.15. The van der Waals surface area contributed by atoms with Crippen LogP contribution in [0, 0.1) is 0 Å². The minimum Gasteiger partial charge on any atom is -0.492 e. The molecule has 0 saturated heterocycles. The third kappa shape index (κ3) is 7.35. The molecule has 0 aromatic heterocycles. The van der Waals surface area contributed by atoms with E-state index in [0.29, 0.717) is 6.61 Å². The van der Waals surface area contributed by atoms with Crippen molar-refractivity contribution in [3.8, 4) is 5.75 Å². The molecule has 1 unspecified atom stereocenters. The molecular formula is C14H24N2O3S. The molecule has 0 aliphatic carbocycles. The molecule has 0 amide bonds. The van der Waals surface area contributed by atoms with Gasteiger partial charge in [-0.1, -0.05) is 0 Å². The van der Waals surface area contributed by atoms with Gasteiger partial charge in [0.2, 0.25) is 0 Å². The van der Waals surface area contributed by atoms with Crippen molar-refractivity contribution >= 4 is 15.5 Å². The summed E-state index contributed by atoms with van der Waals surface area (Å²) in [5, 5.41) is 3.16. The maximum absolute atomic E-state index is 11.2. The highest BCUT2D eigenvalue weighted by atomic mass is 32.2. The van der Waals surface area contributed by atoms with Crippen molar-refractivity contribution < 1.29 is 13.2 Å². The first-order valence-corrected chi connectivity index (χ1v) is 8.64. The van der Waals surface area contributed by atoms with Crippen LogP contribution < -0.4 is 10.1 Å². The second-order valence-corrected chi connectivity index (χ2v) is 7.50. The molecule has 1 aromatic carbocycles. The largest absolute Gasteiger partial charge is 0.492 e. The average Bonchev–Trinajstić information content (AvgIpc) is 2.28. The van der Waals surface area contributed by atoms with Gasteiger partial charge in [0.15, 0.2) is 0 Å². The summed E-state index contributed by atoms with van der Waals surface area (Å²) >= 11 is 0. The fraction of sp³-hybridized carbons (Fsp3) is 0.571. The number of anilines is 1. The fourth-order valence-corrected chi connectivity index (χ4v) is 2.77. The zero-order valence-corrected chi connectivity index (χ0v) is 13.4. The molecule has 20 heavy (non-hydrogen) atoms. The minimum absolute atomic E-state index is 0.119. The highest BCUT2D eigenvalue weighted by molar-refractivity contribution is 7.90. The zero-order chi connectivity index (χ0) is 15.2. The molecule has 6 heteroatoms. The van der Waals surface area contributed by atoms with E-state index in [1.807, 2.05) is 45.3 Å². The van der Waals surface area contributed by atoms with E-state index in [-0.39, 0.29) is 11.8 Å². The molecule has 0 saturated carbocycles. The molecular weight excluding hydrogens is 276 g/mol. The summed E-state index contributed by atoms with van der Waals surface area (Å²) in [5.74, 6) is 0.932. The molecule has 114 valence electrons. The van der Waals surface area contributed by atoms with Crippen molar-refractivity contribution in [3.05, 3.63) is 24.3 Å². The molecule has 0 fully saturated rings. The van der Waals surface area contributed by atoms with Crippen LogP contribution in [0.4, 0.5) is 5.69 Å². The van der Waals surface area contributed by atoms with E-state index in [1.165, 1.54) is 6.26 Å². The molecule has 0 bridgehead atoms. The van der Waals surface area contributed by atoms with Crippen LogP contribution in [0.15, 0.2) is 24.3 Å². The second kappa shape index (κ2) is 7.50. The van der Waals surface area contributed by atoms with Crippen molar-refractivity contribution in [1.82, 2.24) is 4.90 Å². The average molecular weight is 300 g/mol. The monoisotopic (exact) mass is 300 g/mol. The third-order valence-corrected chi connectivity index (χ3v) is 3.73. The van der Waals surface area contributed by atoms with Crippen molar-refractivity contribution in [1.29, 1.82) is 0 Å². The fourth-order valence-electron chi connectivity index (χ4n) is 1.77. The van der Waals surface area contributed by atoms with Gasteiger partial charge in [-0.05, 0) is 45.3 Å². The van der Waals surface area contributed by atoms with E-state index in [9.17, 15) is 8.42 Å². The Balaban J connectivity index is 2.46. The number of ether oxygens (including phenoxy) is 1. The van der Waals surface area contributed by atoms with Crippen molar-refractivity contribution in [2.24, 2.45) is 0 Å². The van der Waals surface area contributed by atoms with Gasteiger partial charge in [-0.2, -0.15) is 0 Å². The molecule has 1 aromatic rings. The maximum atomic E-state index is 11.2. The summed E-state index contributed by atoms with van der Waals surface area (Å²) in [6, 6.07) is 7.43. The lowest BCUT2D eigenvalue weighted by molar-refractivity contribution is 0.261. The zero-order valence-electron chi connectivity index (χ0n) is 12.6. The molecule has 0 heterocycles. The highest BCUT2D eigenvalue weighted by Crippen LogP contribution is 2.16. The van der Waals surface area contributed by atoms with Gasteiger partial charge in [-0.25, -0.2) is 8.42 Å². The number of nitrogens with zero attached hydrogens (tertiary/aromatic N) is 1. The van der Waals surface area contributed by atoms with Gasteiger partial charge in [-0.15, -0.1) is 0 Å². The molecule has 1 atom stereocenters. The van der Waals surface area contributed by atoms with E-state index in [0.717, 1.165) is 18.0 Å². The lowest BCUT2D eigenvalue weighted by atomic mass is 10.2. The Bertz CT molecular complexity index is 498. The quantitative estimate of drug-likeness (QED) is 0.788. The third-order valence-electron chi connectivity index (χ3n) is 2.63. The summed E-state index contributed by atoms with van der Waals surface area (Å²) < 4.78 is 28.0. The number of likely N-dealkylation sites (N-methyl/N-ethyl adjacent to an activating group) is 1. The topological polar surface area (TPSA) is 58.6 Å². The molecule has 0 radical (unpaired) electrons. The van der Waals surface area contributed by atoms with Crippen LogP contribution >= 0.6 is 0 Å².